The van der Waals surface area contributed by atoms with Crippen molar-refractivity contribution in [3.05, 3.63) is 95.1 Å². The standard InChI is InChI=1S/C55H74N18O14/c1-84-40-16-11-28(24-32(40)45(57)76)68-50(81)37(9-6-22-65-54(60)61)71-47(78)34-27-31(14-19-42(34)86-3)70-52(83)39(15-20-44(74)75)73-48(79)35-26-30(13-18-43(35)87-4)69-51(82)38(10-7-23-66-55(62)63)72-46(77)33-25-29(12-17-41(33)85-2)67-49(80)36(56)8-5-21-64-53(58)59/h11-14,16-19,24-27,36-39H,5-10,15,20-23,56H2,1-4H3,(H2,57,76)(H,67,80)(H,68,81)(H,69,82)(H,70,83)(H,71,78)(H,72,77)(H,73,79)(H,74,75)(H4,58,59,64)(H4,60,61,65)(H4,62,63,66). The lowest BCUT2D eigenvalue weighted by molar-refractivity contribution is -0.137. The molecule has 0 heterocycles. The summed E-state index contributed by atoms with van der Waals surface area (Å²) >= 11 is 0. The van der Waals surface area contributed by atoms with E-state index in [-0.39, 0.29) is 138 Å². The normalized spacial score (nSPS) is 11.9. The van der Waals surface area contributed by atoms with Crippen LogP contribution in [0.25, 0.3) is 0 Å². The van der Waals surface area contributed by atoms with Crippen molar-refractivity contribution in [3.8, 4) is 23.0 Å². The first-order chi connectivity index (χ1) is 41.4. The van der Waals surface area contributed by atoms with Crippen LogP contribution in [0.5, 0.6) is 23.0 Å². The lowest BCUT2D eigenvalue weighted by Crippen LogP contribution is -2.45. The van der Waals surface area contributed by atoms with E-state index in [1.807, 2.05) is 0 Å². The fourth-order valence-electron chi connectivity index (χ4n) is 8.23. The molecule has 0 aliphatic carbocycles. The summed E-state index contributed by atoms with van der Waals surface area (Å²) in [5, 5.41) is 28.1. The number of guanidine groups is 3. The van der Waals surface area contributed by atoms with E-state index in [0.717, 1.165) is 0 Å². The Morgan fingerprint density at radius 2 is 0.713 bits per heavy atom. The summed E-state index contributed by atoms with van der Waals surface area (Å²) in [6.07, 6.45) is -0.0459. The van der Waals surface area contributed by atoms with Crippen LogP contribution >= 0.6 is 0 Å². The van der Waals surface area contributed by atoms with Gasteiger partial charge in [-0.25, -0.2) is 0 Å². The zero-order valence-electron chi connectivity index (χ0n) is 48.2. The van der Waals surface area contributed by atoms with E-state index < -0.39 is 90.2 Å². The Morgan fingerprint density at radius 1 is 0.425 bits per heavy atom. The van der Waals surface area contributed by atoms with Crippen molar-refractivity contribution in [1.29, 1.82) is 0 Å². The third-order valence-corrected chi connectivity index (χ3v) is 12.6. The Hall–Kier alpha value is -10.9. The largest absolute Gasteiger partial charge is 0.496 e. The first kappa shape index (κ1) is 68.6. The molecular weight excluding hydrogens is 1140 g/mol. The number of ether oxygens (including phenoxy) is 4. The van der Waals surface area contributed by atoms with Crippen molar-refractivity contribution < 1.29 is 67.2 Å². The van der Waals surface area contributed by atoms with Crippen LogP contribution in [0.3, 0.4) is 0 Å². The highest BCUT2D eigenvalue weighted by molar-refractivity contribution is 6.08. The molecule has 4 atom stereocenters. The zero-order chi connectivity index (χ0) is 64.3. The van der Waals surface area contributed by atoms with Gasteiger partial charge in [0.05, 0.1) is 56.7 Å². The summed E-state index contributed by atoms with van der Waals surface area (Å²) in [5.41, 5.74) is 44.1. The van der Waals surface area contributed by atoms with E-state index in [4.69, 9.17) is 64.8 Å². The van der Waals surface area contributed by atoms with Gasteiger partial charge in [0.15, 0.2) is 17.9 Å². The number of methoxy groups -OCH3 is 4. The highest BCUT2D eigenvalue weighted by Crippen LogP contribution is 2.28. The van der Waals surface area contributed by atoms with Gasteiger partial charge in [0.1, 0.15) is 41.1 Å². The minimum atomic E-state index is -1.56. The number of rotatable bonds is 34. The van der Waals surface area contributed by atoms with Gasteiger partial charge in [0.2, 0.25) is 23.6 Å². The SMILES string of the molecule is COc1ccc(NC(=O)C(CCCN=C(N)N)NC(=O)c2cc(NC(=O)C(CCC(=O)O)NC(=O)c3cc(NC(=O)C(CCCN=C(N)N)NC(=O)c4cc(NC(=O)C(N)CCCN=C(N)N)ccc4OC)ccc3OC)ccc2OC)cc1C(N)=O. The number of carboxylic acids is 1. The number of amides is 8. The van der Waals surface area contributed by atoms with Crippen LogP contribution in [0, 0.1) is 0 Å². The third kappa shape index (κ3) is 22.0. The van der Waals surface area contributed by atoms with Crippen molar-refractivity contribution in [2.45, 2.75) is 75.5 Å². The summed E-state index contributed by atoms with van der Waals surface area (Å²) in [6.45, 7) is 0.408. The van der Waals surface area contributed by atoms with Crippen molar-refractivity contribution in [3.63, 3.8) is 0 Å². The number of carboxylic acid groups (broad SMARTS) is 1. The number of primary amides is 1. The molecule has 0 aliphatic heterocycles. The summed E-state index contributed by atoms with van der Waals surface area (Å²) in [7, 11) is 5.17. The molecule has 8 amide bonds. The van der Waals surface area contributed by atoms with E-state index in [9.17, 15) is 48.3 Å². The maximum atomic E-state index is 14.2. The number of aliphatic imine (C=N–C) groups is 3. The van der Waals surface area contributed by atoms with Crippen molar-refractivity contribution in [1.82, 2.24) is 16.0 Å². The van der Waals surface area contributed by atoms with Crippen LogP contribution in [-0.4, -0.2) is 148 Å². The first-order valence-electron chi connectivity index (χ1n) is 26.7. The topological polar surface area (TPSA) is 540 Å². The number of anilines is 4. The second-order valence-electron chi connectivity index (χ2n) is 18.9. The minimum Gasteiger partial charge on any atom is -0.496 e. The molecule has 0 aromatic heterocycles. The molecule has 0 radical (unpaired) electrons. The average Bonchev–Trinajstić information content (AvgIpc) is 2.94. The molecule has 32 nitrogen and oxygen atoms in total. The van der Waals surface area contributed by atoms with E-state index in [0.29, 0.717) is 6.42 Å². The van der Waals surface area contributed by atoms with Gasteiger partial charge < -0.3 is 107 Å². The average molecular weight is 1210 g/mol. The van der Waals surface area contributed by atoms with Crippen molar-refractivity contribution in [2.24, 2.45) is 60.8 Å². The molecule has 4 aromatic rings. The highest BCUT2D eigenvalue weighted by atomic mass is 16.5. The highest BCUT2D eigenvalue weighted by Gasteiger charge is 2.29. The van der Waals surface area contributed by atoms with Gasteiger partial charge in [0.25, 0.3) is 23.6 Å². The molecule has 87 heavy (non-hydrogen) atoms. The van der Waals surface area contributed by atoms with Gasteiger partial charge in [-0.05, 0) is 118 Å². The second-order valence-corrected chi connectivity index (χ2v) is 18.9. The molecule has 4 aromatic carbocycles. The molecule has 0 saturated heterocycles. The molecular formula is C55H74N18O14. The van der Waals surface area contributed by atoms with Gasteiger partial charge >= 0.3 is 5.97 Å². The molecule has 0 aliphatic rings. The number of hydrogen-bond acceptors (Lipinski definition) is 17. The smallest absolute Gasteiger partial charge is 0.303 e. The van der Waals surface area contributed by atoms with Crippen molar-refractivity contribution in [2.75, 3.05) is 69.3 Å². The maximum Gasteiger partial charge on any atom is 0.303 e. The van der Waals surface area contributed by atoms with Crippen LogP contribution in [0.1, 0.15) is 92.8 Å². The van der Waals surface area contributed by atoms with Gasteiger partial charge in [0, 0.05) is 48.8 Å². The second kappa shape index (κ2) is 34.0. The summed E-state index contributed by atoms with van der Waals surface area (Å²) < 4.78 is 21.5. The minimum absolute atomic E-state index is 0.00329. The van der Waals surface area contributed by atoms with Crippen LogP contribution in [0.4, 0.5) is 22.7 Å². The number of aliphatic carboxylic acids is 1. The first-order valence-corrected chi connectivity index (χ1v) is 26.7. The van der Waals surface area contributed by atoms with Crippen LogP contribution in [-0.2, 0) is 24.0 Å². The number of benzene rings is 4. The van der Waals surface area contributed by atoms with Crippen LogP contribution in [0.15, 0.2) is 87.8 Å². The summed E-state index contributed by atoms with van der Waals surface area (Å²) in [4.78, 5) is 133. The molecule has 0 fully saturated rings. The molecule has 0 spiro atoms. The Balaban J connectivity index is 1.58. The fourth-order valence-corrected chi connectivity index (χ4v) is 8.23. The fraction of sp³-hybridized carbons (Fsp3) is 0.345. The summed E-state index contributed by atoms with van der Waals surface area (Å²) in [6, 6.07) is 11.2. The van der Waals surface area contributed by atoms with Crippen molar-refractivity contribution >= 4 is 93.9 Å². The van der Waals surface area contributed by atoms with E-state index >= 15 is 0 Å². The van der Waals surface area contributed by atoms with Gasteiger partial charge in [-0.15, -0.1) is 0 Å². The maximum absolute atomic E-state index is 14.2. The molecule has 24 N–H and O–H groups in total. The number of carbonyl (C=O) groups excluding carboxylic acids is 8. The van der Waals surface area contributed by atoms with E-state index in [2.05, 4.69) is 52.2 Å². The summed E-state index contributed by atoms with van der Waals surface area (Å²) in [5.74, 6) is -8.03. The molecule has 0 saturated carbocycles. The lowest BCUT2D eigenvalue weighted by Gasteiger charge is -2.21. The third-order valence-electron chi connectivity index (χ3n) is 12.6. The Kier molecular flexibility index (Phi) is 26.8. The Bertz CT molecular complexity index is 3240. The van der Waals surface area contributed by atoms with E-state index in [1.165, 1.54) is 101 Å². The van der Waals surface area contributed by atoms with Gasteiger partial charge in [-0.3, -0.25) is 58.1 Å². The number of hydrogen-bond donors (Lipinski definition) is 16. The van der Waals surface area contributed by atoms with Gasteiger partial charge in [-0.1, -0.05) is 0 Å². The van der Waals surface area contributed by atoms with E-state index in [1.54, 1.807) is 0 Å². The zero-order valence-corrected chi connectivity index (χ0v) is 48.2. The molecule has 32 heteroatoms. The molecule has 468 valence electrons. The number of nitrogens with one attached hydrogen (secondary N) is 7. The predicted octanol–water partition coefficient (Wildman–Crippen LogP) is -0.677. The number of nitrogens with two attached hydrogens (primary N) is 8. The Labute approximate surface area is 499 Å². The molecule has 4 rings (SSSR count). The van der Waals surface area contributed by atoms with Crippen LogP contribution in [0.2, 0.25) is 0 Å². The quantitative estimate of drug-likeness (QED) is 0.0157. The monoisotopic (exact) mass is 1210 g/mol. The molecule has 0 bridgehead atoms. The Morgan fingerprint density at radius 3 is 1.01 bits per heavy atom. The molecule has 4 unspecified atom stereocenters. The van der Waals surface area contributed by atoms with Gasteiger partial charge in [-0.2, -0.15) is 0 Å². The lowest BCUT2D eigenvalue weighted by atomic mass is 10.1. The number of carbonyl (C=O) groups is 9. The van der Waals surface area contributed by atoms with Crippen LogP contribution < -0.4 is 102 Å². The number of nitrogens with zero attached hydrogens (tertiary/aromatic N) is 3. The predicted molar refractivity (Wildman–Crippen MR) is 323 cm³/mol.